The molecule has 2 aromatic rings. The number of anilines is 2. The van der Waals surface area contributed by atoms with Crippen molar-refractivity contribution in [3.05, 3.63) is 48.0 Å². The highest BCUT2D eigenvalue weighted by Gasteiger charge is 2.14. The van der Waals surface area contributed by atoms with E-state index in [4.69, 9.17) is 21.7 Å². The molecule has 2 N–H and O–H groups in total. The third-order valence-corrected chi connectivity index (χ3v) is 5.23. The van der Waals surface area contributed by atoms with Gasteiger partial charge in [0.15, 0.2) is 16.6 Å². The number of hydrogen-bond acceptors (Lipinski definition) is 4. The van der Waals surface area contributed by atoms with Crippen molar-refractivity contribution in [2.24, 2.45) is 0 Å². The highest BCUT2D eigenvalue weighted by atomic mass is 32.1. The number of thiocarbonyl (C=S) groups is 1. The van der Waals surface area contributed by atoms with E-state index in [-0.39, 0.29) is 6.04 Å². The molecule has 0 unspecified atom stereocenters. The lowest BCUT2D eigenvalue weighted by molar-refractivity contribution is 0.171. The first-order chi connectivity index (χ1) is 13.2. The summed E-state index contributed by atoms with van der Waals surface area (Å²) in [7, 11) is 0. The Bertz CT molecular complexity index is 804. The van der Waals surface area contributed by atoms with Crippen molar-refractivity contribution in [2.45, 2.75) is 25.8 Å². The molecule has 2 aliphatic heterocycles. The fourth-order valence-electron chi connectivity index (χ4n) is 3.52. The van der Waals surface area contributed by atoms with Gasteiger partial charge in [-0.3, -0.25) is 0 Å². The zero-order valence-corrected chi connectivity index (χ0v) is 16.3. The molecule has 1 fully saturated rings. The van der Waals surface area contributed by atoms with Gasteiger partial charge in [-0.25, -0.2) is 0 Å². The summed E-state index contributed by atoms with van der Waals surface area (Å²) >= 11 is 5.48. The quantitative estimate of drug-likeness (QED) is 0.775. The molecule has 5 nitrogen and oxygen atoms in total. The Morgan fingerprint density at radius 3 is 2.44 bits per heavy atom. The summed E-state index contributed by atoms with van der Waals surface area (Å²) in [6, 6.07) is 14.6. The average molecular weight is 384 g/mol. The second kappa shape index (κ2) is 8.05. The van der Waals surface area contributed by atoms with Crippen molar-refractivity contribution < 1.29 is 9.47 Å². The lowest BCUT2D eigenvalue weighted by Crippen LogP contribution is -2.31. The van der Waals surface area contributed by atoms with Gasteiger partial charge < -0.3 is 25.0 Å². The molecule has 0 spiro atoms. The maximum absolute atomic E-state index is 5.62. The third-order valence-electron chi connectivity index (χ3n) is 5.01. The zero-order valence-electron chi connectivity index (χ0n) is 15.5. The molecule has 0 saturated carbocycles. The molecule has 27 heavy (non-hydrogen) atoms. The molecule has 1 atom stereocenters. The minimum absolute atomic E-state index is 0.120. The Kier molecular flexibility index (Phi) is 5.34. The van der Waals surface area contributed by atoms with E-state index in [1.807, 2.05) is 18.2 Å². The second-order valence-electron chi connectivity index (χ2n) is 6.96. The Balaban J connectivity index is 1.34. The summed E-state index contributed by atoms with van der Waals surface area (Å²) in [6.07, 6.45) is 2.58. The maximum Gasteiger partial charge on any atom is 0.171 e. The molecule has 142 valence electrons. The van der Waals surface area contributed by atoms with Crippen LogP contribution in [-0.2, 0) is 0 Å². The Morgan fingerprint density at radius 2 is 1.70 bits per heavy atom. The molecular formula is C21H25N3O2S. The van der Waals surface area contributed by atoms with Crippen LogP contribution in [0.4, 0.5) is 11.4 Å². The van der Waals surface area contributed by atoms with Crippen LogP contribution >= 0.6 is 12.2 Å². The fraction of sp³-hybridized carbons (Fsp3) is 0.381. The van der Waals surface area contributed by atoms with E-state index in [0.717, 1.165) is 30.3 Å². The first kappa shape index (κ1) is 17.9. The van der Waals surface area contributed by atoms with E-state index in [1.165, 1.54) is 24.1 Å². The number of rotatable bonds is 4. The van der Waals surface area contributed by atoms with Crippen molar-refractivity contribution in [2.75, 3.05) is 36.5 Å². The number of fused-ring (bicyclic) bond motifs is 1. The standard InChI is InChI=1S/C21H25N3O2S/c1-15(16-4-7-18(8-5-16)24-10-2-3-11-24)22-21(27)23-17-6-9-19-20(14-17)26-13-12-25-19/h4-9,14-15H,2-3,10-13H2,1H3,(H2,22,23,27)/t15-/m0/s1. The molecule has 2 aromatic carbocycles. The van der Waals surface area contributed by atoms with Gasteiger partial charge in [0.2, 0.25) is 0 Å². The summed E-state index contributed by atoms with van der Waals surface area (Å²) in [5.41, 5.74) is 3.40. The van der Waals surface area contributed by atoms with Gasteiger partial charge in [-0.15, -0.1) is 0 Å². The number of benzene rings is 2. The minimum atomic E-state index is 0.120. The van der Waals surface area contributed by atoms with Crippen LogP contribution in [-0.4, -0.2) is 31.4 Å². The smallest absolute Gasteiger partial charge is 0.171 e. The normalized spacial score (nSPS) is 16.7. The molecule has 0 amide bonds. The van der Waals surface area contributed by atoms with Crippen LogP contribution in [0.5, 0.6) is 11.5 Å². The summed E-state index contributed by atoms with van der Waals surface area (Å²) in [5.74, 6) is 1.52. The van der Waals surface area contributed by atoms with E-state index in [9.17, 15) is 0 Å². The lowest BCUT2D eigenvalue weighted by Gasteiger charge is -2.21. The van der Waals surface area contributed by atoms with Gasteiger partial charge in [0.1, 0.15) is 13.2 Å². The molecular weight excluding hydrogens is 358 g/mol. The number of nitrogens with zero attached hydrogens (tertiary/aromatic N) is 1. The van der Waals surface area contributed by atoms with Gasteiger partial charge in [0, 0.05) is 30.5 Å². The van der Waals surface area contributed by atoms with Gasteiger partial charge in [-0.2, -0.15) is 0 Å². The van der Waals surface area contributed by atoms with E-state index in [2.05, 4.69) is 46.7 Å². The van der Waals surface area contributed by atoms with Gasteiger partial charge in [-0.05, 0) is 61.8 Å². The summed E-state index contributed by atoms with van der Waals surface area (Å²) in [6.45, 7) is 5.60. The summed E-state index contributed by atoms with van der Waals surface area (Å²) in [5, 5.41) is 7.16. The van der Waals surface area contributed by atoms with Crippen LogP contribution in [0.25, 0.3) is 0 Å². The largest absolute Gasteiger partial charge is 0.486 e. The van der Waals surface area contributed by atoms with Crippen molar-refractivity contribution >= 4 is 28.7 Å². The lowest BCUT2D eigenvalue weighted by atomic mass is 10.1. The molecule has 2 heterocycles. The van der Waals surface area contributed by atoms with Crippen LogP contribution in [0.3, 0.4) is 0 Å². The molecule has 2 aliphatic rings. The predicted molar refractivity (Wildman–Crippen MR) is 113 cm³/mol. The van der Waals surface area contributed by atoms with Crippen molar-refractivity contribution in [1.29, 1.82) is 0 Å². The van der Waals surface area contributed by atoms with Gasteiger partial charge in [0.05, 0.1) is 6.04 Å². The van der Waals surface area contributed by atoms with E-state index in [0.29, 0.717) is 18.3 Å². The van der Waals surface area contributed by atoms with Crippen LogP contribution < -0.4 is 25.0 Å². The predicted octanol–water partition coefficient (Wildman–Crippen LogP) is 4.11. The highest BCUT2D eigenvalue weighted by Crippen LogP contribution is 2.32. The van der Waals surface area contributed by atoms with Crippen molar-refractivity contribution in [3.63, 3.8) is 0 Å². The SMILES string of the molecule is C[C@H](NC(=S)Nc1ccc2c(c1)OCCO2)c1ccc(N2CCCC2)cc1. The second-order valence-corrected chi connectivity index (χ2v) is 7.37. The van der Waals surface area contributed by atoms with Gasteiger partial charge in [-0.1, -0.05) is 12.1 Å². The van der Waals surface area contributed by atoms with Gasteiger partial charge >= 0.3 is 0 Å². The third kappa shape index (κ3) is 4.27. The molecule has 0 radical (unpaired) electrons. The first-order valence-corrected chi connectivity index (χ1v) is 9.92. The first-order valence-electron chi connectivity index (χ1n) is 9.51. The zero-order chi connectivity index (χ0) is 18.6. The molecule has 0 aliphatic carbocycles. The number of hydrogen-bond donors (Lipinski definition) is 2. The summed E-state index contributed by atoms with van der Waals surface area (Å²) in [4.78, 5) is 2.44. The van der Waals surface area contributed by atoms with E-state index < -0.39 is 0 Å². The molecule has 0 bridgehead atoms. The van der Waals surface area contributed by atoms with E-state index in [1.54, 1.807) is 0 Å². The number of nitrogens with one attached hydrogen (secondary N) is 2. The van der Waals surface area contributed by atoms with Crippen molar-refractivity contribution in [1.82, 2.24) is 5.32 Å². The minimum Gasteiger partial charge on any atom is -0.486 e. The average Bonchev–Trinajstić information content (AvgIpc) is 3.23. The molecule has 6 heteroatoms. The fourth-order valence-corrected chi connectivity index (χ4v) is 3.81. The van der Waals surface area contributed by atoms with Crippen LogP contribution in [0.2, 0.25) is 0 Å². The Labute approximate surface area is 165 Å². The Morgan fingerprint density at radius 1 is 1.00 bits per heavy atom. The monoisotopic (exact) mass is 383 g/mol. The molecule has 4 rings (SSSR count). The summed E-state index contributed by atoms with van der Waals surface area (Å²) < 4.78 is 11.2. The van der Waals surface area contributed by atoms with Crippen LogP contribution in [0.15, 0.2) is 42.5 Å². The molecule has 1 saturated heterocycles. The highest BCUT2D eigenvalue weighted by molar-refractivity contribution is 7.80. The topological polar surface area (TPSA) is 45.8 Å². The van der Waals surface area contributed by atoms with Crippen LogP contribution in [0, 0.1) is 0 Å². The van der Waals surface area contributed by atoms with Crippen molar-refractivity contribution in [3.8, 4) is 11.5 Å². The number of ether oxygens (including phenoxy) is 2. The van der Waals surface area contributed by atoms with Gasteiger partial charge in [0.25, 0.3) is 0 Å². The maximum atomic E-state index is 5.62. The van der Waals surface area contributed by atoms with E-state index >= 15 is 0 Å². The molecule has 0 aromatic heterocycles. The Hall–Kier alpha value is -2.47. The van der Waals surface area contributed by atoms with Crippen LogP contribution in [0.1, 0.15) is 31.4 Å².